The zero-order valence-electron chi connectivity index (χ0n) is 12.7. The molecule has 1 atom stereocenters. The van der Waals surface area contributed by atoms with Crippen molar-refractivity contribution in [1.82, 2.24) is 5.32 Å². The van der Waals surface area contributed by atoms with Crippen LogP contribution in [0.2, 0.25) is 0 Å². The van der Waals surface area contributed by atoms with Gasteiger partial charge in [0.1, 0.15) is 0 Å². The summed E-state index contributed by atoms with van der Waals surface area (Å²) in [5.41, 5.74) is 6.28. The zero-order valence-corrected chi connectivity index (χ0v) is 12.7. The highest BCUT2D eigenvalue weighted by molar-refractivity contribution is 5.78. The van der Waals surface area contributed by atoms with E-state index < -0.39 is 0 Å². The van der Waals surface area contributed by atoms with E-state index in [4.69, 9.17) is 15.2 Å². The van der Waals surface area contributed by atoms with Crippen LogP contribution in [0.25, 0.3) is 0 Å². The molecule has 1 saturated carbocycles. The second-order valence-electron chi connectivity index (χ2n) is 5.43. The van der Waals surface area contributed by atoms with E-state index in [-0.39, 0.29) is 18.5 Å². The summed E-state index contributed by atoms with van der Waals surface area (Å²) in [5.74, 6) is 1.30. The summed E-state index contributed by atoms with van der Waals surface area (Å²) < 4.78 is 11.4. The highest BCUT2D eigenvalue weighted by Gasteiger charge is 2.19. The van der Waals surface area contributed by atoms with Gasteiger partial charge in [-0.2, -0.15) is 0 Å². The molecule has 0 spiro atoms. The Morgan fingerprint density at radius 1 is 1.38 bits per heavy atom. The van der Waals surface area contributed by atoms with E-state index in [0.29, 0.717) is 11.9 Å². The summed E-state index contributed by atoms with van der Waals surface area (Å²) in [6.07, 6.45) is 4.96. The van der Waals surface area contributed by atoms with Gasteiger partial charge in [-0.25, -0.2) is 0 Å². The fourth-order valence-electron chi connectivity index (χ4n) is 2.62. The summed E-state index contributed by atoms with van der Waals surface area (Å²) in [7, 11) is 1.63. The molecule has 0 radical (unpaired) electrons. The van der Waals surface area contributed by atoms with Crippen molar-refractivity contribution in [3.8, 4) is 11.5 Å². The van der Waals surface area contributed by atoms with Crippen LogP contribution in [-0.2, 0) is 4.79 Å². The average molecular weight is 292 g/mol. The molecule has 3 N–H and O–H groups in total. The lowest BCUT2D eigenvalue weighted by atomic mass is 10.1. The molecule has 1 aromatic carbocycles. The van der Waals surface area contributed by atoms with Gasteiger partial charge in [0.15, 0.2) is 11.5 Å². The molecule has 21 heavy (non-hydrogen) atoms. The maximum atomic E-state index is 11.4. The Hall–Kier alpha value is -1.75. The van der Waals surface area contributed by atoms with Gasteiger partial charge in [0.25, 0.3) is 0 Å². The summed E-state index contributed by atoms with van der Waals surface area (Å²) >= 11 is 0. The minimum absolute atomic E-state index is 0.00957. The lowest BCUT2D eigenvalue weighted by Gasteiger charge is -2.19. The van der Waals surface area contributed by atoms with Gasteiger partial charge in [-0.05, 0) is 50.3 Å². The van der Waals surface area contributed by atoms with E-state index in [2.05, 4.69) is 5.32 Å². The standard InChI is InChI=1S/C16H24N2O3/c1-11(18-16(19)10-17)12-7-8-14(15(9-12)20-2)21-13-5-3-4-6-13/h7-9,11,13H,3-6,10,17H2,1-2H3,(H,18,19). The normalized spacial score (nSPS) is 16.5. The molecular formula is C16H24N2O3. The van der Waals surface area contributed by atoms with E-state index in [1.165, 1.54) is 12.8 Å². The maximum absolute atomic E-state index is 11.4. The topological polar surface area (TPSA) is 73.6 Å². The third kappa shape index (κ3) is 4.11. The van der Waals surface area contributed by atoms with E-state index in [1.807, 2.05) is 25.1 Å². The fourth-order valence-corrected chi connectivity index (χ4v) is 2.62. The van der Waals surface area contributed by atoms with E-state index >= 15 is 0 Å². The van der Waals surface area contributed by atoms with Crippen LogP contribution in [0.3, 0.4) is 0 Å². The van der Waals surface area contributed by atoms with Crippen LogP contribution >= 0.6 is 0 Å². The van der Waals surface area contributed by atoms with Crippen molar-refractivity contribution < 1.29 is 14.3 Å². The van der Waals surface area contributed by atoms with E-state index in [0.717, 1.165) is 24.2 Å². The number of methoxy groups -OCH3 is 1. The van der Waals surface area contributed by atoms with Crippen LogP contribution in [-0.4, -0.2) is 25.7 Å². The van der Waals surface area contributed by atoms with Gasteiger partial charge in [0, 0.05) is 0 Å². The molecule has 5 nitrogen and oxygen atoms in total. The SMILES string of the molecule is COc1cc(C(C)NC(=O)CN)ccc1OC1CCCC1. The quantitative estimate of drug-likeness (QED) is 0.842. The van der Waals surface area contributed by atoms with Crippen LogP contribution in [0.5, 0.6) is 11.5 Å². The Bertz CT molecular complexity index is 484. The molecule has 1 aromatic rings. The molecule has 0 saturated heterocycles. The molecule has 1 amide bonds. The zero-order chi connectivity index (χ0) is 15.2. The first-order chi connectivity index (χ1) is 10.1. The summed E-state index contributed by atoms with van der Waals surface area (Å²) in [6, 6.07) is 5.66. The molecule has 0 aromatic heterocycles. The minimum atomic E-state index is -0.173. The van der Waals surface area contributed by atoms with Crippen LogP contribution in [0.1, 0.15) is 44.2 Å². The first-order valence-corrected chi connectivity index (χ1v) is 7.48. The largest absolute Gasteiger partial charge is 0.493 e. The van der Waals surface area contributed by atoms with Crippen LogP contribution in [0.4, 0.5) is 0 Å². The van der Waals surface area contributed by atoms with Crippen LogP contribution in [0, 0.1) is 0 Å². The van der Waals surface area contributed by atoms with E-state index in [9.17, 15) is 4.79 Å². The molecule has 0 aliphatic heterocycles. The molecule has 0 heterocycles. The van der Waals surface area contributed by atoms with Gasteiger partial charge in [-0.3, -0.25) is 4.79 Å². The van der Waals surface area contributed by atoms with Gasteiger partial charge in [-0.1, -0.05) is 6.07 Å². The van der Waals surface area contributed by atoms with Gasteiger partial charge >= 0.3 is 0 Å². The lowest BCUT2D eigenvalue weighted by molar-refractivity contribution is -0.120. The average Bonchev–Trinajstić information content (AvgIpc) is 3.00. The summed E-state index contributed by atoms with van der Waals surface area (Å²) in [6.45, 7) is 1.91. The minimum Gasteiger partial charge on any atom is -0.493 e. The number of hydrogen-bond donors (Lipinski definition) is 2. The van der Waals surface area contributed by atoms with Crippen molar-refractivity contribution in [2.45, 2.75) is 44.8 Å². The number of nitrogens with one attached hydrogen (secondary N) is 1. The Balaban J connectivity index is 2.09. The Labute approximate surface area is 125 Å². The maximum Gasteiger partial charge on any atom is 0.234 e. The molecule has 1 fully saturated rings. The number of amides is 1. The number of nitrogens with two attached hydrogens (primary N) is 1. The van der Waals surface area contributed by atoms with Gasteiger partial charge in [0.05, 0.1) is 25.8 Å². The third-order valence-corrected chi connectivity index (χ3v) is 3.85. The highest BCUT2D eigenvalue weighted by Crippen LogP contribution is 2.33. The Morgan fingerprint density at radius 3 is 2.71 bits per heavy atom. The van der Waals surface area contributed by atoms with Crippen molar-refractivity contribution >= 4 is 5.91 Å². The molecule has 0 bridgehead atoms. The van der Waals surface area contributed by atoms with Gasteiger partial charge < -0.3 is 20.5 Å². The van der Waals surface area contributed by atoms with Crippen molar-refractivity contribution in [2.24, 2.45) is 5.73 Å². The summed E-state index contributed by atoms with van der Waals surface area (Å²) in [5, 5.41) is 2.83. The van der Waals surface area contributed by atoms with Crippen LogP contribution < -0.4 is 20.5 Å². The second-order valence-corrected chi connectivity index (χ2v) is 5.43. The molecule has 1 aliphatic carbocycles. The number of carbonyl (C=O) groups excluding carboxylic acids is 1. The Morgan fingerprint density at radius 2 is 2.10 bits per heavy atom. The third-order valence-electron chi connectivity index (χ3n) is 3.85. The number of ether oxygens (including phenoxy) is 2. The molecular weight excluding hydrogens is 268 g/mol. The molecule has 5 heteroatoms. The van der Waals surface area contributed by atoms with Crippen molar-refractivity contribution in [3.63, 3.8) is 0 Å². The smallest absolute Gasteiger partial charge is 0.234 e. The number of carbonyl (C=O) groups is 1. The first-order valence-electron chi connectivity index (χ1n) is 7.48. The highest BCUT2D eigenvalue weighted by atomic mass is 16.5. The van der Waals surface area contributed by atoms with Crippen molar-refractivity contribution in [1.29, 1.82) is 0 Å². The van der Waals surface area contributed by atoms with Gasteiger partial charge in [-0.15, -0.1) is 0 Å². The second kappa shape index (κ2) is 7.31. The van der Waals surface area contributed by atoms with Crippen molar-refractivity contribution in [3.05, 3.63) is 23.8 Å². The first kappa shape index (κ1) is 15.6. The fraction of sp³-hybridized carbons (Fsp3) is 0.562. The van der Waals surface area contributed by atoms with Crippen LogP contribution in [0.15, 0.2) is 18.2 Å². The lowest BCUT2D eigenvalue weighted by Crippen LogP contribution is -2.32. The molecule has 116 valence electrons. The predicted octanol–water partition coefficient (Wildman–Crippen LogP) is 2.15. The van der Waals surface area contributed by atoms with Gasteiger partial charge in [0.2, 0.25) is 5.91 Å². The Kier molecular flexibility index (Phi) is 5.44. The molecule has 2 rings (SSSR count). The number of benzene rings is 1. The van der Waals surface area contributed by atoms with E-state index in [1.54, 1.807) is 7.11 Å². The molecule has 1 unspecified atom stereocenters. The monoisotopic (exact) mass is 292 g/mol. The number of rotatable bonds is 6. The summed E-state index contributed by atoms with van der Waals surface area (Å²) in [4.78, 5) is 11.4. The number of hydrogen-bond acceptors (Lipinski definition) is 4. The predicted molar refractivity (Wildman–Crippen MR) is 81.5 cm³/mol. The molecule has 1 aliphatic rings. The van der Waals surface area contributed by atoms with Crippen molar-refractivity contribution in [2.75, 3.05) is 13.7 Å².